The molecule has 0 spiro atoms. The van der Waals surface area contributed by atoms with Crippen molar-refractivity contribution in [2.75, 3.05) is 0 Å². The van der Waals surface area contributed by atoms with Gasteiger partial charge >= 0.3 is 5.97 Å². The summed E-state index contributed by atoms with van der Waals surface area (Å²) in [5.41, 5.74) is 0. The van der Waals surface area contributed by atoms with Gasteiger partial charge in [0.15, 0.2) is 0 Å². The van der Waals surface area contributed by atoms with E-state index in [2.05, 4.69) is 0 Å². The summed E-state index contributed by atoms with van der Waals surface area (Å²) in [6, 6.07) is -0.865. The van der Waals surface area contributed by atoms with Crippen LogP contribution in [0.3, 0.4) is 0 Å². The number of ether oxygens (including phenoxy) is 1. The molecule has 70 valence electrons. The third-order valence-electron chi connectivity index (χ3n) is 1.19. The molecule has 1 atom stereocenters. The van der Waals surface area contributed by atoms with Gasteiger partial charge in [-0.25, -0.2) is 0 Å². The first-order valence-corrected chi connectivity index (χ1v) is 3.76. The number of carbonyl (C=O) groups is 1. The Bertz CT molecular complexity index is 178. The maximum atomic E-state index is 10.8. The van der Waals surface area contributed by atoms with Crippen molar-refractivity contribution < 1.29 is 14.5 Å². The first kappa shape index (κ1) is 10.9. The van der Waals surface area contributed by atoms with Crippen LogP contribution >= 0.6 is 0 Å². The van der Waals surface area contributed by atoms with E-state index in [1.165, 1.54) is 6.92 Å². The number of rotatable bonds is 4. The summed E-state index contributed by atoms with van der Waals surface area (Å²) in [7, 11) is 0. The molecule has 0 aromatic rings. The molecule has 0 heterocycles. The lowest BCUT2D eigenvalue weighted by atomic mass is 10.2. The highest BCUT2D eigenvalue weighted by atomic mass is 16.6. The van der Waals surface area contributed by atoms with E-state index in [-0.39, 0.29) is 12.5 Å². The van der Waals surface area contributed by atoms with E-state index in [4.69, 9.17) is 4.74 Å². The number of carbonyl (C=O) groups excluding carboxylic acids is 1. The molecule has 0 N–H and O–H groups in total. The zero-order valence-corrected chi connectivity index (χ0v) is 7.44. The predicted molar refractivity (Wildman–Crippen MR) is 42.3 cm³/mol. The molecule has 0 amide bonds. The summed E-state index contributed by atoms with van der Waals surface area (Å²) in [5.74, 6) is -0.519. The quantitative estimate of drug-likeness (QED) is 0.363. The van der Waals surface area contributed by atoms with Gasteiger partial charge in [0.2, 0.25) is 6.04 Å². The summed E-state index contributed by atoms with van der Waals surface area (Å²) >= 11 is 0. The summed E-state index contributed by atoms with van der Waals surface area (Å²) in [6.07, 6.45) is -0.373. The van der Waals surface area contributed by atoms with Crippen LogP contribution in [-0.4, -0.2) is 23.0 Å². The van der Waals surface area contributed by atoms with E-state index in [0.29, 0.717) is 0 Å². The largest absolute Gasteiger partial charge is 0.463 e. The normalized spacial score (nSPS) is 12.7. The van der Waals surface area contributed by atoms with E-state index >= 15 is 0 Å². The van der Waals surface area contributed by atoms with Gasteiger partial charge in [-0.2, -0.15) is 0 Å². The maximum absolute atomic E-state index is 10.8. The Morgan fingerprint density at radius 3 is 2.33 bits per heavy atom. The van der Waals surface area contributed by atoms with Crippen molar-refractivity contribution in [3.63, 3.8) is 0 Å². The van der Waals surface area contributed by atoms with Crippen LogP contribution in [0.1, 0.15) is 27.2 Å². The van der Waals surface area contributed by atoms with Crippen LogP contribution in [-0.2, 0) is 9.53 Å². The van der Waals surface area contributed by atoms with E-state index < -0.39 is 16.9 Å². The van der Waals surface area contributed by atoms with E-state index in [9.17, 15) is 14.9 Å². The smallest absolute Gasteiger partial charge is 0.313 e. The molecule has 0 aliphatic rings. The van der Waals surface area contributed by atoms with E-state index in [1.54, 1.807) is 13.8 Å². The topological polar surface area (TPSA) is 69.4 Å². The third-order valence-corrected chi connectivity index (χ3v) is 1.19. The monoisotopic (exact) mass is 175 g/mol. The molecule has 0 aliphatic heterocycles. The Labute approximate surface area is 70.9 Å². The molecule has 0 aromatic heterocycles. The first-order chi connectivity index (χ1) is 5.43. The number of nitro groups is 1. The molecule has 0 saturated heterocycles. The Hall–Kier alpha value is -1.13. The van der Waals surface area contributed by atoms with Gasteiger partial charge in [-0.1, -0.05) is 0 Å². The van der Waals surface area contributed by atoms with Crippen LogP contribution in [0, 0.1) is 10.1 Å². The van der Waals surface area contributed by atoms with Crippen molar-refractivity contribution in [1.82, 2.24) is 0 Å². The predicted octanol–water partition coefficient (Wildman–Crippen LogP) is 0.993. The zero-order chi connectivity index (χ0) is 9.72. The minimum absolute atomic E-state index is 0.162. The molecule has 12 heavy (non-hydrogen) atoms. The summed E-state index contributed by atoms with van der Waals surface area (Å²) in [4.78, 5) is 20.5. The van der Waals surface area contributed by atoms with Crippen LogP contribution < -0.4 is 0 Å². The van der Waals surface area contributed by atoms with Crippen molar-refractivity contribution in [1.29, 1.82) is 0 Å². The van der Waals surface area contributed by atoms with Crippen LogP contribution in [0.4, 0.5) is 0 Å². The molecular weight excluding hydrogens is 162 g/mol. The van der Waals surface area contributed by atoms with Gasteiger partial charge in [-0.05, 0) is 13.8 Å². The van der Waals surface area contributed by atoms with Crippen molar-refractivity contribution in [2.24, 2.45) is 0 Å². The fraction of sp³-hybridized carbons (Fsp3) is 0.857. The standard InChI is InChI=1S/C7H13NO4/c1-5(2)12-7(9)4-6(3)8(10)11/h5-6H,4H2,1-3H3. The van der Waals surface area contributed by atoms with Gasteiger partial charge in [0.25, 0.3) is 0 Å². The molecule has 0 bridgehead atoms. The van der Waals surface area contributed by atoms with Crippen LogP contribution in [0.25, 0.3) is 0 Å². The van der Waals surface area contributed by atoms with Gasteiger partial charge in [0.05, 0.1) is 6.10 Å². The minimum Gasteiger partial charge on any atom is -0.463 e. The lowest BCUT2D eigenvalue weighted by Crippen LogP contribution is -2.22. The second-order valence-corrected chi connectivity index (χ2v) is 2.88. The highest BCUT2D eigenvalue weighted by Crippen LogP contribution is 2.00. The summed E-state index contributed by atoms with van der Waals surface area (Å²) in [5, 5.41) is 10.1. The first-order valence-electron chi connectivity index (χ1n) is 3.76. The van der Waals surface area contributed by atoms with Gasteiger partial charge in [-0.3, -0.25) is 14.9 Å². The molecule has 0 fully saturated rings. The zero-order valence-electron chi connectivity index (χ0n) is 7.44. The minimum atomic E-state index is -0.865. The summed E-state index contributed by atoms with van der Waals surface area (Å²) < 4.78 is 4.73. The van der Waals surface area contributed by atoms with E-state index in [0.717, 1.165) is 0 Å². The number of nitrogens with zero attached hydrogens (tertiary/aromatic N) is 1. The van der Waals surface area contributed by atoms with Gasteiger partial charge in [0.1, 0.15) is 6.42 Å². The van der Waals surface area contributed by atoms with Gasteiger partial charge in [0, 0.05) is 11.8 Å². The fourth-order valence-corrected chi connectivity index (χ4v) is 0.627. The lowest BCUT2D eigenvalue weighted by molar-refractivity contribution is -0.517. The molecule has 1 unspecified atom stereocenters. The van der Waals surface area contributed by atoms with Crippen LogP contribution in [0.2, 0.25) is 0 Å². The Morgan fingerprint density at radius 2 is 2.00 bits per heavy atom. The maximum Gasteiger partial charge on any atom is 0.313 e. The summed E-state index contributed by atoms with van der Waals surface area (Å²) in [6.45, 7) is 4.78. The molecular formula is C7H13NO4. The second kappa shape index (κ2) is 4.69. The Balaban J connectivity index is 3.77. The lowest BCUT2D eigenvalue weighted by Gasteiger charge is -2.07. The average Bonchev–Trinajstić information content (AvgIpc) is 1.84. The van der Waals surface area contributed by atoms with Gasteiger partial charge < -0.3 is 4.74 Å². The fourth-order valence-electron chi connectivity index (χ4n) is 0.627. The molecule has 5 nitrogen and oxygen atoms in total. The molecule has 0 rings (SSSR count). The highest BCUT2D eigenvalue weighted by molar-refractivity contribution is 5.69. The number of esters is 1. The Kier molecular flexibility index (Phi) is 4.25. The van der Waals surface area contributed by atoms with Crippen LogP contribution in [0.15, 0.2) is 0 Å². The third kappa shape index (κ3) is 4.65. The highest BCUT2D eigenvalue weighted by Gasteiger charge is 2.19. The van der Waals surface area contributed by atoms with Gasteiger partial charge in [-0.15, -0.1) is 0 Å². The molecule has 0 radical (unpaired) electrons. The van der Waals surface area contributed by atoms with Crippen LogP contribution in [0.5, 0.6) is 0 Å². The molecule has 0 saturated carbocycles. The van der Waals surface area contributed by atoms with E-state index in [1.807, 2.05) is 0 Å². The number of hydrogen-bond acceptors (Lipinski definition) is 4. The molecule has 5 heteroatoms. The molecule has 0 aliphatic carbocycles. The van der Waals surface area contributed by atoms with Crippen molar-refractivity contribution in [3.05, 3.63) is 10.1 Å². The number of hydrogen-bond donors (Lipinski definition) is 0. The average molecular weight is 175 g/mol. The van der Waals surface area contributed by atoms with Crippen molar-refractivity contribution in [3.8, 4) is 0 Å². The van der Waals surface area contributed by atoms with Crippen molar-refractivity contribution >= 4 is 5.97 Å². The SMILES string of the molecule is CC(C)OC(=O)CC(C)[N+](=O)[O-]. The second-order valence-electron chi connectivity index (χ2n) is 2.88. The Morgan fingerprint density at radius 1 is 1.50 bits per heavy atom. The molecule has 0 aromatic carbocycles. The van der Waals surface area contributed by atoms with Crippen molar-refractivity contribution in [2.45, 2.75) is 39.3 Å².